The summed E-state index contributed by atoms with van der Waals surface area (Å²) >= 11 is 9.45. The second-order valence-corrected chi connectivity index (χ2v) is 5.32. The van der Waals surface area contributed by atoms with Crippen LogP contribution in [0.25, 0.3) is 0 Å². The van der Waals surface area contributed by atoms with Crippen LogP contribution in [-0.4, -0.2) is 5.11 Å². The molecule has 1 aromatic carbocycles. The van der Waals surface area contributed by atoms with E-state index in [1.165, 1.54) is 0 Å². The Balaban J connectivity index is 2.93. The second-order valence-electron chi connectivity index (χ2n) is 4.00. The summed E-state index contributed by atoms with van der Waals surface area (Å²) < 4.78 is 0.933. The van der Waals surface area contributed by atoms with Crippen molar-refractivity contribution < 1.29 is 5.11 Å². The van der Waals surface area contributed by atoms with Crippen molar-refractivity contribution in [2.75, 3.05) is 0 Å². The number of rotatable bonds is 4. The van der Waals surface area contributed by atoms with Crippen LogP contribution in [0.4, 0.5) is 0 Å². The first-order valence-electron chi connectivity index (χ1n) is 5.15. The quantitative estimate of drug-likeness (QED) is 0.866. The Morgan fingerprint density at radius 2 is 2.13 bits per heavy atom. The van der Waals surface area contributed by atoms with E-state index in [-0.39, 0.29) is 0 Å². The van der Waals surface area contributed by atoms with Crippen molar-refractivity contribution in [2.24, 2.45) is 0 Å². The van der Waals surface area contributed by atoms with Gasteiger partial charge in [-0.2, -0.15) is 0 Å². The van der Waals surface area contributed by atoms with Crippen molar-refractivity contribution in [1.82, 2.24) is 0 Å². The van der Waals surface area contributed by atoms with E-state index in [0.717, 1.165) is 29.3 Å². The third kappa shape index (κ3) is 3.47. The van der Waals surface area contributed by atoms with Gasteiger partial charge in [0.1, 0.15) is 0 Å². The number of hydrogen-bond acceptors (Lipinski definition) is 1. The molecular weight excluding hydrogens is 275 g/mol. The van der Waals surface area contributed by atoms with Crippen LogP contribution in [0.1, 0.15) is 38.7 Å². The number of aliphatic hydroxyl groups is 1. The second kappa shape index (κ2) is 5.33. The third-order valence-electron chi connectivity index (χ3n) is 2.53. The first-order chi connectivity index (χ1) is 6.97. The fourth-order valence-electron chi connectivity index (χ4n) is 1.58. The first kappa shape index (κ1) is 13.0. The van der Waals surface area contributed by atoms with E-state index in [1.54, 1.807) is 0 Å². The fourth-order valence-corrected chi connectivity index (χ4v) is 2.46. The van der Waals surface area contributed by atoms with Gasteiger partial charge in [0.25, 0.3) is 0 Å². The molecule has 0 aromatic heterocycles. The SMILES string of the molecule is CCCCC(C)(O)c1ccc(Br)cc1Cl. The van der Waals surface area contributed by atoms with Crippen LogP contribution in [0, 0.1) is 0 Å². The molecule has 0 aliphatic rings. The zero-order valence-electron chi connectivity index (χ0n) is 9.06. The molecule has 0 bridgehead atoms. The van der Waals surface area contributed by atoms with Crippen molar-refractivity contribution in [3.05, 3.63) is 33.3 Å². The average Bonchev–Trinajstić information content (AvgIpc) is 2.14. The maximum absolute atomic E-state index is 10.3. The summed E-state index contributed by atoms with van der Waals surface area (Å²) in [5, 5.41) is 10.9. The molecule has 0 amide bonds. The highest BCUT2D eigenvalue weighted by molar-refractivity contribution is 9.10. The van der Waals surface area contributed by atoms with E-state index in [0.29, 0.717) is 5.02 Å². The first-order valence-corrected chi connectivity index (χ1v) is 6.32. The normalized spacial score (nSPS) is 15.0. The summed E-state index contributed by atoms with van der Waals surface area (Å²) in [7, 11) is 0. The standard InChI is InChI=1S/C12H16BrClO/c1-3-4-7-12(2,15)10-6-5-9(13)8-11(10)14/h5-6,8,15H,3-4,7H2,1-2H3. The van der Waals surface area contributed by atoms with Crippen molar-refractivity contribution in [1.29, 1.82) is 0 Å². The maximum Gasteiger partial charge on any atom is 0.0882 e. The van der Waals surface area contributed by atoms with Crippen molar-refractivity contribution in [2.45, 2.75) is 38.7 Å². The van der Waals surface area contributed by atoms with Gasteiger partial charge >= 0.3 is 0 Å². The summed E-state index contributed by atoms with van der Waals surface area (Å²) in [6, 6.07) is 5.60. The Kier molecular flexibility index (Phi) is 4.63. The summed E-state index contributed by atoms with van der Waals surface area (Å²) in [4.78, 5) is 0. The van der Waals surface area contributed by atoms with E-state index >= 15 is 0 Å². The van der Waals surface area contributed by atoms with E-state index in [4.69, 9.17) is 11.6 Å². The van der Waals surface area contributed by atoms with Crippen LogP contribution in [0.2, 0.25) is 5.02 Å². The van der Waals surface area contributed by atoms with E-state index in [1.807, 2.05) is 25.1 Å². The zero-order valence-corrected chi connectivity index (χ0v) is 11.4. The van der Waals surface area contributed by atoms with Crippen LogP contribution in [0.15, 0.2) is 22.7 Å². The number of unbranched alkanes of at least 4 members (excludes halogenated alkanes) is 1. The zero-order chi connectivity index (χ0) is 11.5. The highest BCUT2D eigenvalue weighted by Crippen LogP contribution is 2.33. The Labute approximate surface area is 105 Å². The minimum atomic E-state index is -0.826. The number of halogens is 2. The number of hydrogen-bond donors (Lipinski definition) is 1. The summed E-state index contributed by atoms with van der Waals surface area (Å²) in [5.41, 5.74) is -0.0193. The average molecular weight is 292 g/mol. The van der Waals surface area contributed by atoms with Crippen molar-refractivity contribution in [3.8, 4) is 0 Å². The summed E-state index contributed by atoms with van der Waals surface area (Å²) in [6.45, 7) is 3.93. The molecule has 15 heavy (non-hydrogen) atoms. The van der Waals surface area contributed by atoms with Gasteiger partial charge in [0.15, 0.2) is 0 Å². The van der Waals surface area contributed by atoms with Crippen LogP contribution >= 0.6 is 27.5 Å². The van der Waals surface area contributed by atoms with Crippen LogP contribution in [-0.2, 0) is 5.60 Å². The van der Waals surface area contributed by atoms with Crippen LogP contribution < -0.4 is 0 Å². The molecule has 0 saturated heterocycles. The predicted molar refractivity (Wildman–Crippen MR) is 68.2 cm³/mol. The molecule has 0 spiro atoms. The molecule has 0 aliphatic heterocycles. The van der Waals surface area contributed by atoms with E-state index in [9.17, 15) is 5.11 Å². The smallest absolute Gasteiger partial charge is 0.0882 e. The van der Waals surface area contributed by atoms with E-state index < -0.39 is 5.60 Å². The Bertz CT molecular complexity index is 336. The molecule has 1 aromatic rings. The molecule has 1 unspecified atom stereocenters. The minimum Gasteiger partial charge on any atom is -0.385 e. The Morgan fingerprint density at radius 3 is 2.67 bits per heavy atom. The molecule has 1 atom stereocenters. The van der Waals surface area contributed by atoms with Crippen molar-refractivity contribution >= 4 is 27.5 Å². The highest BCUT2D eigenvalue weighted by atomic mass is 79.9. The molecule has 84 valence electrons. The largest absolute Gasteiger partial charge is 0.385 e. The molecule has 0 heterocycles. The highest BCUT2D eigenvalue weighted by Gasteiger charge is 2.24. The fraction of sp³-hybridized carbons (Fsp3) is 0.500. The summed E-state index contributed by atoms with van der Waals surface area (Å²) in [5.74, 6) is 0. The van der Waals surface area contributed by atoms with Crippen LogP contribution in [0.5, 0.6) is 0 Å². The minimum absolute atomic E-state index is 0.616. The van der Waals surface area contributed by atoms with Gasteiger partial charge in [-0.05, 0) is 25.5 Å². The summed E-state index contributed by atoms with van der Waals surface area (Å²) in [6.07, 6.45) is 2.81. The molecule has 0 fully saturated rings. The lowest BCUT2D eigenvalue weighted by molar-refractivity contribution is 0.0455. The van der Waals surface area contributed by atoms with Gasteiger partial charge in [-0.1, -0.05) is 53.4 Å². The van der Waals surface area contributed by atoms with Gasteiger partial charge in [0, 0.05) is 15.1 Å². The number of benzene rings is 1. The lowest BCUT2D eigenvalue weighted by Gasteiger charge is -2.24. The lowest BCUT2D eigenvalue weighted by atomic mass is 9.90. The Hall–Kier alpha value is -0.0500. The molecule has 0 aliphatic carbocycles. The Morgan fingerprint density at radius 1 is 1.47 bits per heavy atom. The van der Waals surface area contributed by atoms with E-state index in [2.05, 4.69) is 22.9 Å². The van der Waals surface area contributed by atoms with Gasteiger partial charge in [-0.3, -0.25) is 0 Å². The molecule has 1 rings (SSSR count). The predicted octanol–water partition coefficient (Wildman–Crippen LogP) is 4.50. The lowest BCUT2D eigenvalue weighted by Crippen LogP contribution is -2.21. The molecule has 1 nitrogen and oxygen atoms in total. The molecule has 0 saturated carbocycles. The van der Waals surface area contributed by atoms with Gasteiger partial charge in [-0.15, -0.1) is 0 Å². The van der Waals surface area contributed by atoms with Crippen molar-refractivity contribution in [3.63, 3.8) is 0 Å². The van der Waals surface area contributed by atoms with Crippen LogP contribution in [0.3, 0.4) is 0 Å². The molecule has 1 N–H and O–H groups in total. The molecule has 3 heteroatoms. The van der Waals surface area contributed by atoms with Gasteiger partial charge in [0.05, 0.1) is 5.60 Å². The molecule has 0 radical (unpaired) electrons. The topological polar surface area (TPSA) is 20.2 Å². The monoisotopic (exact) mass is 290 g/mol. The van der Waals surface area contributed by atoms with Gasteiger partial charge < -0.3 is 5.11 Å². The van der Waals surface area contributed by atoms with Gasteiger partial charge in [0.2, 0.25) is 0 Å². The van der Waals surface area contributed by atoms with Gasteiger partial charge in [-0.25, -0.2) is 0 Å². The molecular formula is C12H16BrClO. The third-order valence-corrected chi connectivity index (χ3v) is 3.33. The maximum atomic E-state index is 10.3.